The van der Waals surface area contributed by atoms with Gasteiger partial charge in [-0.1, -0.05) is 30.3 Å². The molecule has 8 heteroatoms. The Bertz CT molecular complexity index is 903. The quantitative estimate of drug-likeness (QED) is 0.631. The minimum Gasteiger partial charge on any atom is -0.356 e. The van der Waals surface area contributed by atoms with Crippen LogP contribution in [-0.2, 0) is 11.2 Å². The smallest absolute Gasteiger partial charge is 0.223 e. The Morgan fingerprint density at radius 3 is 2.71 bits per heavy atom. The number of nitrogens with zero attached hydrogens (tertiary/aromatic N) is 6. The second-order valence-electron chi connectivity index (χ2n) is 7.21. The van der Waals surface area contributed by atoms with Gasteiger partial charge in [0.2, 0.25) is 5.91 Å². The van der Waals surface area contributed by atoms with Gasteiger partial charge in [-0.3, -0.25) is 4.79 Å². The topological polar surface area (TPSA) is 88.3 Å². The predicted molar refractivity (Wildman–Crippen MR) is 106 cm³/mol. The molecule has 146 valence electrons. The minimum atomic E-state index is 0.0853. The maximum absolute atomic E-state index is 12.4. The molecular formula is C20H25N7O. The lowest BCUT2D eigenvalue weighted by molar-refractivity contribution is -0.125. The Labute approximate surface area is 163 Å². The summed E-state index contributed by atoms with van der Waals surface area (Å²) in [6, 6.07) is 14.3. The number of benzene rings is 1. The van der Waals surface area contributed by atoms with Gasteiger partial charge < -0.3 is 10.2 Å². The standard InChI is InChI=1S/C20H25N7O/c28-20(21-13-5-4-8-16-6-2-1-3-7-16)17-11-14-26(15-12-17)19-10-9-18-22-24-25-27(18)23-19/h1-3,6-7,9-10,17H,4-5,8,11-15H2,(H,21,28). The molecule has 0 bridgehead atoms. The summed E-state index contributed by atoms with van der Waals surface area (Å²) in [6.45, 7) is 2.38. The van der Waals surface area contributed by atoms with Gasteiger partial charge >= 0.3 is 0 Å². The van der Waals surface area contributed by atoms with Gasteiger partial charge in [0.05, 0.1) is 0 Å². The molecule has 1 saturated heterocycles. The summed E-state index contributed by atoms with van der Waals surface area (Å²) in [5.74, 6) is 1.12. The highest BCUT2D eigenvalue weighted by Gasteiger charge is 2.25. The molecular weight excluding hydrogens is 354 g/mol. The Balaban J connectivity index is 1.17. The number of fused-ring (bicyclic) bond motifs is 1. The normalized spacial score (nSPS) is 15.1. The molecule has 0 saturated carbocycles. The SMILES string of the molecule is O=C(NCCCCc1ccccc1)C1CCN(c2ccc3nnnn3n2)CC1. The number of aromatic nitrogens is 5. The van der Waals surface area contributed by atoms with Crippen molar-refractivity contribution < 1.29 is 4.79 Å². The summed E-state index contributed by atoms with van der Waals surface area (Å²) in [6.07, 6.45) is 4.84. The molecule has 1 N–H and O–H groups in total. The fourth-order valence-electron chi connectivity index (χ4n) is 3.63. The molecule has 8 nitrogen and oxygen atoms in total. The molecule has 4 rings (SSSR count). The summed E-state index contributed by atoms with van der Waals surface area (Å²) in [5, 5.41) is 18.9. The number of amides is 1. The van der Waals surface area contributed by atoms with Crippen LogP contribution in [0, 0.1) is 5.92 Å². The van der Waals surface area contributed by atoms with E-state index in [1.165, 1.54) is 10.2 Å². The van der Waals surface area contributed by atoms with Crippen LogP contribution in [-0.4, -0.2) is 50.8 Å². The van der Waals surface area contributed by atoms with Gasteiger partial charge in [0.15, 0.2) is 11.5 Å². The summed E-state index contributed by atoms with van der Waals surface area (Å²) in [4.78, 5) is 14.6. The fraction of sp³-hybridized carbons (Fsp3) is 0.450. The van der Waals surface area contributed by atoms with E-state index in [1.807, 2.05) is 18.2 Å². The van der Waals surface area contributed by atoms with Crippen molar-refractivity contribution in [2.75, 3.05) is 24.5 Å². The number of nitrogens with one attached hydrogen (secondary N) is 1. The highest BCUT2D eigenvalue weighted by molar-refractivity contribution is 5.78. The number of rotatable bonds is 7. The van der Waals surface area contributed by atoms with Crippen LogP contribution in [0.15, 0.2) is 42.5 Å². The number of hydrogen-bond acceptors (Lipinski definition) is 6. The van der Waals surface area contributed by atoms with Gasteiger partial charge in [0, 0.05) is 25.6 Å². The van der Waals surface area contributed by atoms with Crippen LogP contribution < -0.4 is 10.2 Å². The van der Waals surface area contributed by atoms with Crippen molar-refractivity contribution in [1.29, 1.82) is 0 Å². The molecule has 0 radical (unpaired) electrons. The van der Waals surface area contributed by atoms with E-state index in [2.05, 4.69) is 55.1 Å². The van der Waals surface area contributed by atoms with Crippen LogP contribution in [0.25, 0.3) is 5.65 Å². The molecule has 0 atom stereocenters. The molecule has 2 aromatic heterocycles. The molecule has 0 aliphatic carbocycles. The molecule has 0 unspecified atom stereocenters. The lowest BCUT2D eigenvalue weighted by Gasteiger charge is -2.31. The van der Waals surface area contributed by atoms with E-state index < -0.39 is 0 Å². The van der Waals surface area contributed by atoms with Crippen LogP contribution in [0.3, 0.4) is 0 Å². The highest BCUT2D eigenvalue weighted by Crippen LogP contribution is 2.22. The molecule has 3 aromatic rings. The van der Waals surface area contributed by atoms with Crippen molar-refractivity contribution in [1.82, 2.24) is 30.6 Å². The number of anilines is 1. The summed E-state index contributed by atoms with van der Waals surface area (Å²) >= 11 is 0. The first kappa shape index (κ1) is 18.3. The number of unbranched alkanes of at least 4 members (excludes halogenated alkanes) is 1. The van der Waals surface area contributed by atoms with E-state index in [0.717, 1.165) is 57.6 Å². The average molecular weight is 379 g/mol. The van der Waals surface area contributed by atoms with Gasteiger partial charge in [-0.2, -0.15) is 0 Å². The highest BCUT2D eigenvalue weighted by atomic mass is 16.1. The van der Waals surface area contributed by atoms with Crippen molar-refractivity contribution in [3.05, 3.63) is 48.0 Å². The zero-order valence-corrected chi connectivity index (χ0v) is 15.9. The van der Waals surface area contributed by atoms with E-state index >= 15 is 0 Å². The number of aryl methyl sites for hydroxylation is 1. The monoisotopic (exact) mass is 379 g/mol. The van der Waals surface area contributed by atoms with Crippen LogP contribution in [0.5, 0.6) is 0 Å². The Kier molecular flexibility index (Phi) is 5.75. The summed E-state index contributed by atoms with van der Waals surface area (Å²) < 4.78 is 1.43. The molecule has 0 spiro atoms. The fourth-order valence-corrected chi connectivity index (χ4v) is 3.63. The van der Waals surface area contributed by atoms with E-state index in [9.17, 15) is 4.79 Å². The number of hydrogen-bond donors (Lipinski definition) is 1. The largest absolute Gasteiger partial charge is 0.356 e. The molecule has 3 heterocycles. The zero-order chi connectivity index (χ0) is 19.2. The van der Waals surface area contributed by atoms with Crippen LogP contribution in [0.1, 0.15) is 31.2 Å². The lowest BCUT2D eigenvalue weighted by Crippen LogP contribution is -2.41. The van der Waals surface area contributed by atoms with E-state index in [-0.39, 0.29) is 11.8 Å². The van der Waals surface area contributed by atoms with Gasteiger partial charge in [0.25, 0.3) is 0 Å². The van der Waals surface area contributed by atoms with E-state index in [0.29, 0.717) is 5.65 Å². The van der Waals surface area contributed by atoms with Crippen molar-refractivity contribution in [3.8, 4) is 0 Å². The molecule has 28 heavy (non-hydrogen) atoms. The molecule has 1 aliphatic rings. The maximum atomic E-state index is 12.4. The summed E-state index contributed by atoms with van der Waals surface area (Å²) in [7, 11) is 0. The van der Waals surface area contributed by atoms with Gasteiger partial charge in [-0.15, -0.1) is 14.8 Å². The van der Waals surface area contributed by atoms with Gasteiger partial charge in [-0.25, -0.2) is 0 Å². The average Bonchev–Trinajstić information content (AvgIpc) is 3.22. The molecule has 1 aliphatic heterocycles. The predicted octanol–water partition coefficient (Wildman–Crippen LogP) is 1.87. The Hall–Kier alpha value is -3.03. The van der Waals surface area contributed by atoms with Crippen molar-refractivity contribution in [2.24, 2.45) is 5.92 Å². The second-order valence-corrected chi connectivity index (χ2v) is 7.21. The Morgan fingerprint density at radius 1 is 1.07 bits per heavy atom. The van der Waals surface area contributed by atoms with Crippen LogP contribution in [0.4, 0.5) is 5.82 Å². The first-order valence-corrected chi connectivity index (χ1v) is 9.91. The third kappa shape index (κ3) is 4.44. The van der Waals surface area contributed by atoms with Crippen LogP contribution in [0.2, 0.25) is 0 Å². The molecule has 1 aromatic carbocycles. The van der Waals surface area contributed by atoms with Crippen molar-refractivity contribution in [2.45, 2.75) is 32.1 Å². The number of carbonyl (C=O) groups excluding carboxylic acids is 1. The number of carbonyl (C=O) groups is 1. The first-order valence-electron chi connectivity index (χ1n) is 9.91. The molecule has 1 fully saturated rings. The zero-order valence-electron chi connectivity index (χ0n) is 15.9. The Morgan fingerprint density at radius 2 is 1.89 bits per heavy atom. The van der Waals surface area contributed by atoms with E-state index in [4.69, 9.17) is 0 Å². The maximum Gasteiger partial charge on any atom is 0.223 e. The number of tetrazole rings is 1. The summed E-state index contributed by atoms with van der Waals surface area (Å²) in [5.41, 5.74) is 1.99. The third-order valence-electron chi connectivity index (χ3n) is 5.28. The van der Waals surface area contributed by atoms with Crippen molar-refractivity contribution >= 4 is 17.4 Å². The minimum absolute atomic E-state index is 0.0853. The van der Waals surface area contributed by atoms with E-state index in [1.54, 1.807) is 0 Å². The molecule has 1 amide bonds. The van der Waals surface area contributed by atoms with Crippen LogP contribution >= 0.6 is 0 Å². The third-order valence-corrected chi connectivity index (χ3v) is 5.28. The second kappa shape index (κ2) is 8.77. The van der Waals surface area contributed by atoms with Crippen molar-refractivity contribution in [3.63, 3.8) is 0 Å². The van der Waals surface area contributed by atoms with Gasteiger partial charge in [0.1, 0.15) is 0 Å². The number of piperidine rings is 1. The first-order chi connectivity index (χ1) is 13.8. The van der Waals surface area contributed by atoms with Gasteiger partial charge in [-0.05, 0) is 60.2 Å². The lowest BCUT2D eigenvalue weighted by atomic mass is 9.96.